The molecule has 3 aromatic rings. The SMILES string of the molecule is N#Cc1cc(OCc2ccsc2)nc(Oc2cccc(C(F)(F)F)c2)c1. The third-order valence-corrected chi connectivity index (χ3v) is 3.99. The summed E-state index contributed by atoms with van der Waals surface area (Å²) >= 11 is 1.52. The first-order valence-corrected chi connectivity index (χ1v) is 8.29. The molecule has 0 aliphatic rings. The first kappa shape index (κ1) is 17.8. The minimum Gasteiger partial charge on any atom is -0.473 e. The van der Waals surface area contributed by atoms with Gasteiger partial charge in [-0.25, -0.2) is 0 Å². The van der Waals surface area contributed by atoms with Crippen molar-refractivity contribution in [3.63, 3.8) is 0 Å². The summed E-state index contributed by atoms with van der Waals surface area (Å²) in [6.07, 6.45) is -4.48. The number of aromatic nitrogens is 1. The van der Waals surface area contributed by atoms with Crippen molar-refractivity contribution in [2.24, 2.45) is 0 Å². The number of nitrogens with zero attached hydrogens (tertiary/aromatic N) is 2. The van der Waals surface area contributed by atoms with Crippen molar-refractivity contribution >= 4 is 11.3 Å². The van der Waals surface area contributed by atoms with Gasteiger partial charge in [-0.15, -0.1) is 0 Å². The van der Waals surface area contributed by atoms with Crippen LogP contribution in [-0.4, -0.2) is 4.98 Å². The molecule has 2 heterocycles. The highest BCUT2D eigenvalue weighted by molar-refractivity contribution is 7.07. The quantitative estimate of drug-likeness (QED) is 0.598. The second-order valence-corrected chi connectivity index (χ2v) is 5.97. The van der Waals surface area contributed by atoms with Crippen LogP contribution < -0.4 is 9.47 Å². The van der Waals surface area contributed by atoms with E-state index in [4.69, 9.17) is 14.7 Å². The van der Waals surface area contributed by atoms with E-state index in [1.165, 1.54) is 35.6 Å². The molecular formula is C18H11F3N2O2S. The highest BCUT2D eigenvalue weighted by Crippen LogP contribution is 2.32. The molecule has 0 radical (unpaired) electrons. The third-order valence-electron chi connectivity index (χ3n) is 3.26. The van der Waals surface area contributed by atoms with E-state index in [2.05, 4.69) is 4.98 Å². The van der Waals surface area contributed by atoms with Crippen LogP contribution in [0.2, 0.25) is 0 Å². The lowest BCUT2D eigenvalue weighted by molar-refractivity contribution is -0.137. The zero-order valence-electron chi connectivity index (χ0n) is 13.2. The number of alkyl halides is 3. The fraction of sp³-hybridized carbons (Fsp3) is 0.111. The molecule has 132 valence electrons. The molecule has 3 rings (SSSR count). The molecule has 0 amide bonds. The van der Waals surface area contributed by atoms with Crippen molar-refractivity contribution < 1.29 is 22.6 Å². The second-order valence-electron chi connectivity index (χ2n) is 5.19. The summed E-state index contributed by atoms with van der Waals surface area (Å²) in [5.41, 5.74) is 0.335. The fourth-order valence-electron chi connectivity index (χ4n) is 2.06. The summed E-state index contributed by atoms with van der Waals surface area (Å²) in [5.74, 6) is 0.0899. The number of rotatable bonds is 5. The Bertz CT molecular complexity index is 934. The monoisotopic (exact) mass is 376 g/mol. The number of nitriles is 1. The molecule has 0 fully saturated rings. The Labute approximate surface area is 151 Å². The summed E-state index contributed by atoms with van der Waals surface area (Å²) in [6.45, 7) is 0.258. The highest BCUT2D eigenvalue weighted by Gasteiger charge is 2.30. The minimum atomic E-state index is -4.48. The van der Waals surface area contributed by atoms with Crippen molar-refractivity contribution in [2.75, 3.05) is 0 Å². The van der Waals surface area contributed by atoms with Gasteiger partial charge in [0, 0.05) is 17.7 Å². The number of hydrogen-bond acceptors (Lipinski definition) is 5. The van der Waals surface area contributed by atoms with Gasteiger partial charge in [-0.1, -0.05) is 6.07 Å². The van der Waals surface area contributed by atoms with Gasteiger partial charge in [0.25, 0.3) is 0 Å². The molecule has 0 N–H and O–H groups in total. The molecule has 0 saturated carbocycles. The number of thiophene rings is 1. The van der Waals surface area contributed by atoms with Crippen molar-refractivity contribution in [1.29, 1.82) is 5.26 Å². The molecule has 0 spiro atoms. The Hall–Kier alpha value is -3.05. The lowest BCUT2D eigenvalue weighted by atomic mass is 10.2. The molecule has 8 heteroatoms. The van der Waals surface area contributed by atoms with Gasteiger partial charge in [0.15, 0.2) is 0 Å². The van der Waals surface area contributed by atoms with E-state index in [0.717, 1.165) is 17.7 Å². The maximum absolute atomic E-state index is 12.8. The van der Waals surface area contributed by atoms with Gasteiger partial charge in [0.05, 0.1) is 17.2 Å². The molecule has 0 aliphatic carbocycles. The summed E-state index contributed by atoms with van der Waals surface area (Å²) in [7, 11) is 0. The molecule has 0 atom stereocenters. The Morgan fingerprint density at radius 3 is 2.62 bits per heavy atom. The van der Waals surface area contributed by atoms with Crippen LogP contribution in [0.15, 0.2) is 53.2 Å². The molecule has 0 saturated heterocycles. The van der Waals surface area contributed by atoms with Gasteiger partial charge in [-0.05, 0) is 35.0 Å². The van der Waals surface area contributed by atoms with Gasteiger partial charge in [-0.3, -0.25) is 0 Å². The number of halogens is 3. The van der Waals surface area contributed by atoms with Crippen LogP contribution in [0.5, 0.6) is 17.5 Å². The number of benzene rings is 1. The molecule has 2 aromatic heterocycles. The smallest absolute Gasteiger partial charge is 0.416 e. The lowest BCUT2D eigenvalue weighted by Crippen LogP contribution is -2.04. The van der Waals surface area contributed by atoms with Gasteiger partial charge in [0.1, 0.15) is 12.4 Å². The number of ether oxygens (including phenoxy) is 2. The zero-order chi connectivity index (χ0) is 18.6. The van der Waals surface area contributed by atoms with Gasteiger partial charge < -0.3 is 9.47 Å². The Balaban J connectivity index is 1.81. The number of hydrogen-bond donors (Lipinski definition) is 0. The predicted molar refractivity (Wildman–Crippen MR) is 89.1 cm³/mol. The van der Waals surface area contributed by atoms with Crippen LogP contribution in [0.3, 0.4) is 0 Å². The molecule has 4 nitrogen and oxygen atoms in total. The predicted octanol–water partition coefficient (Wildman–Crippen LogP) is 5.40. The van der Waals surface area contributed by atoms with E-state index in [9.17, 15) is 13.2 Å². The van der Waals surface area contributed by atoms with Crippen molar-refractivity contribution in [3.8, 4) is 23.6 Å². The minimum absolute atomic E-state index is 0.0244. The molecular weight excluding hydrogens is 365 g/mol. The van der Waals surface area contributed by atoms with E-state index in [0.29, 0.717) is 0 Å². The average Bonchev–Trinajstić information content (AvgIpc) is 3.13. The Kier molecular flexibility index (Phi) is 5.09. The maximum atomic E-state index is 12.8. The van der Waals surface area contributed by atoms with Crippen LogP contribution in [0.1, 0.15) is 16.7 Å². The molecule has 0 unspecified atom stereocenters. The molecule has 0 bridgehead atoms. The zero-order valence-corrected chi connectivity index (χ0v) is 14.0. The first-order chi connectivity index (χ1) is 12.4. The molecule has 26 heavy (non-hydrogen) atoms. The topological polar surface area (TPSA) is 55.1 Å². The van der Waals surface area contributed by atoms with Crippen molar-refractivity contribution in [2.45, 2.75) is 12.8 Å². The van der Waals surface area contributed by atoms with Gasteiger partial charge >= 0.3 is 6.18 Å². The first-order valence-electron chi connectivity index (χ1n) is 7.35. The van der Waals surface area contributed by atoms with Gasteiger partial charge in [-0.2, -0.15) is 34.8 Å². The second kappa shape index (κ2) is 7.45. The third kappa shape index (κ3) is 4.52. The fourth-order valence-corrected chi connectivity index (χ4v) is 2.71. The largest absolute Gasteiger partial charge is 0.473 e. The van der Waals surface area contributed by atoms with E-state index in [-0.39, 0.29) is 29.7 Å². The Morgan fingerprint density at radius 1 is 1.12 bits per heavy atom. The summed E-state index contributed by atoms with van der Waals surface area (Å²) in [6, 6.07) is 11.0. The van der Waals surface area contributed by atoms with Crippen LogP contribution in [-0.2, 0) is 12.8 Å². The average molecular weight is 376 g/mol. The number of pyridine rings is 1. The van der Waals surface area contributed by atoms with E-state index < -0.39 is 11.7 Å². The van der Waals surface area contributed by atoms with Crippen LogP contribution in [0, 0.1) is 11.3 Å². The van der Waals surface area contributed by atoms with E-state index in [1.807, 2.05) is 22.9 Å². The maximum Gasteiger partial charge on any atom is 0.416 e. The lowest BCUT2D eigenvalue weighted by Gasteiger charge is -2.11. The van der Waals surface area contributed by atoms with Crippen LogP contribution in [0.4, 0.5) is 13.2 Å². The Morgan fingerprint density at radius 2 is 1.92 bits per heavy atom. The highest BCUT2D eigenvalue weighted by atomic mass is 32.1. The van der Waals surface area contributed by atoms with E-state index >= 15 is 0 Å². The molecule has 0 aliphatic heterocycles. The van der Waals surface area contributed by atoms with Crippen molar-refractivity contribution in [3.05, 3.63) is 69.9 Å². The van der Waals surface area contributed by atoms with Crippen LogP contribution >= 0.6 is 11.3 Å². The summed E-state index contributed by atoms with van der Waals surface area (Å²) in [4.78, 5) is 4.09. The van der Waals surface area contributed by atoms with Gasteiger partial charge in [0.2, 0.25) is 11.8 Å². The van der Waals surface area contributed by atoms with Crippen LogP contribution in [0.25, 0.3) is 0 Å². The standard InChI is InChI=1S/C18H11F3N2O2S/c19-18(20,21)14-2-1-3-15(8-14)25-17-7-13(9-22)6-16(23-17)24-10-12-4-5-26-11-12/h1-8,11H,10H2. The normalized spacial score (nSPS) is 11.0. The molecule has 1 aromatic carbocycles. The van der Waals surface area contributed by atoms with E-state index in [1.54, 1.807) is 0 Å². The summed E-state index contributed by atoms with van der Waals surface area (Å²) in [5, 5.41) is 12.9. The van der Waals surface area contributed by atoms with Crippen molar-refractivity contribution in [1.82, 2.24) is 4.98 Å². The summed E-state index contributed by atoms with van der Waals surface area (Å²) < 4.78 is 49.3.